The molecule has 0 atom stereocenters. The number of allylic oxidation sites excluding steroid dienone is 1. The molecule has 1 aliphatic heterocycles. The number of aromatic nitrogens is 5. The van der Waals surface area contributed by atoms with Crippen LogP contribution in [-0.2, 0) is 0 Å². The van der Waals surface area contributed by atoms with Crippen molar-refractivity contribution < 1.29 is 4.52 Å². The Morgan fingerprint density at radius 2 is 1.78 bits per heavy atom. The minimum atomic E-state index is 0.382. The number of nitrogens with one attached hydrogen (secondary N) is 1. The molecular weight excluding hydrogens is 507 g/mol. The first-order valence-electron chi connectivity index (χ1n) is 12.8. The molecule has 1 N–H and O–H groups in total. The van der Waals surface area contributed by atoms with Gasteiger partial charge in [-0.25, -0.2) is 0 Å². The van der Waals surface area contributed by atoms with Crippen molar-refractivity contribution in [3.05, 3.63) is 69.4 Å². The average Bonchev–Trinajstić information content (AvgIpc) is 3.41. The summed E-state index contributed by atoms with van der Waals surface area (Å²) in [5.41, 5.74) is 6.63. The quantitative estimate of drug-likeness (QED) is 0.293. The molecule has 0 unspecified atom stereocenters. The molecule has 3 aliphatic rings. The van der Waals surface area contributed by atoms with Crippen LogP contribution < -0.4 is 4.90 Å². The van der Waals surface area contributed by atoms with Gasteiger partial charge in [-0.05, 0) is 79.5 Å². The van der Waals surface area contributed by atoms with Crippen LogP contribution in [0.3, 0.4) is 0 Å². The van der Waals surface area contributed by atoms with E-state index in [4.69, 9.17) is 27.7 Å². The van der Waals surface area contributed by atoms with Gasteiger partial charge < -0.3 is 9.42 Å². The number of benzene rings is 2. The fourth-order valence-corrected chi connectivity index (χ4v) is 6.51. The largest absolute Gasteiger partial charge is 0.371 e. The lowest BCUT2D eigenvalue weighted by Crippen LogP contribution is -2.44. The molecule has 188 valence electrons. The molecule has 1 spiro atoms. The van der Waals surface area contributed by atoms with E-state index < -0.39 is 0 Å². The number of tetrazole rings is 1. The summed E-state index contributed by atoms with van der Waals surface area (Å²) >= 11 is 13.1. The molecule has 4 aromatic rings. The van der Waals surface area contributed by atoms with Crippen molar-refractivity contribution >= 4 is 35.0 Å². The third-order valence-corrected chi connectivity index (χ3v) is 8.73. The van der Waals surface area contributed by atoms with Crippen molar-refractivity contribution in [2.75, 3.05) is 18.0 Å². The fourth-order valence-electron chi connectivity index (χ4n) is 5.93. The van der Waals surface area contributed by atoms with Crippen molar-refractivity contribution in [1.29, 1.82) is 0 Å². The smallest absolute Gasteiger partial charge is 0.204 e. The third-order valence-electron chi connectivity index (χ3n) is 8.10. The van der Waals surface area contributed by atoms with Crippen molar-refractivity contribution in [2.45, 2.75) is 44.4 Å². The summed E-state index contributed by atoms with van der Waals surface area (Å²) in [6.07, 6.45) is 9.20. The standard InChI is InChI=1S/C28H26Cl2N6O/c29-22-5-2-6-23(30)24(22)25-21(26(37-33-25)18-7-8-18)13-17-15-28(16-17)9-11-36(12-10-28)20-4-1-3-19(14-20)27-31-34-35-32-27/h1-6,13-14,18H,7-12,15-16H2,(H,31,32,34,35). The molecule has 2 saturated carbocycles. The van der Waals surface area contributed by atoms with Gasteiger partial charge in [0.1, 0.15) is 11.5 Å². The van der Waals surface area contributed by atoms with Gasteiger partial charge >= 0.3 is 0 Å². The number of hydrogen-bond acceptors (Lipinski definition) is 6. The van der Waals surface area contributed by atoms with Crippen molar-refractivity contribution in [3.63, 3.8) is 0 Å². The van der Waals surface area contributed by atoms with Gasteiger partial charge in [-0.15, -0.1) is 10.2 Å². The molecule has 2 aromatic carbocycles. The van der Waals surface area contributed by atoms with E-state index in [9.17, 15) is 0 Å². The Labute approximate surface area is 224 Å². The van der Waals surface area contributed by atoms with Crippen LogP contribution >= 0.6 is 23.2 Å². The lowest BCUT2D eigenvalue weighted by atomic mass is 9.60. The van der Waals surface area contributed by atoms with E-state index in [1.165, 1.54) is 24.1 Å². The predicted octanol–water partition coefficient (Wildman–Crippen LogP) is 7.17. The Kier molecular flexibility index (Phi) is 5.59. The second-order valence-corrected chi connectivity index (χ2v) is 11.4. The number of anilines is 1. The second kappa shape index (κ2) is 8.99. The zero-order valence-corrected chi connectivity index (χ0v) is 21.8. The lowest BCUT2D eigenvalue weighted by molar-refractivity contribution is 0.155. The van der Waals surface area contributed by atoms with E-state index >= 15 is 0 Å². The van der Waals surface area contributed by atoms with Gasteiger partial charge in [-0.1, -0.05) is 52.1 Å². The Hall–Kier alpha value is -3.16. The lowest BCUT2D eigenvalue weighted by Gasteiger charge is -2.50. The van der Waals surface area contributed by atoms with E-state index in [0.717, 1.165) is 66.9 Å². The molecule has 2 aliphatic carbocycles. The van der Waals surface area contributed by atoms with Crippen LogP contribution in [0.25, 0.3) is 28.7 Å². The van der Waals surface area contributed by atoms with E-state index in [1.807, 2.05) is 24.3 Å². The number of halogens is 2. The number of rotatable bonds is 5. The molecule has 0 radical (unpaired) electrons. The van der Waals surface area contributed by atoms with Crippen LogP contribution in [0, 0.1) is 5.41 Å². The predicted molar refractivity (Wildman–Crippen MR) is 145 cm³/mol. The van der Waals surface area contributed by atoms with Gasteiger partial charge in [-0.2, -0.15) is 5.21 Å². The molecule has 2 aromatic heterocycles. The highest BCUT2D eigenvalue weighted by Gasteiger charge is 2.43. The van der Waals surface area contributed by atoms with E-state index in [2.05, 4.69) is 55.0 Å². The summed E-state index contributed by atoms with van der Waals surface area (Å²) in [6, 6.07) is 14.0. The molecular formula is C28H26Cl2N6O. The minimum absolute atomic E-state index is 0.382. The average molecular weight is 533 g/mol. The summed E-state index contributed by atoms with van der Waals surface area (Å²) < 4.78 is 5.86. The molecule has 3 heterocycles. The first-order chi connectivity index (χ1) is 18.1. The minimum Gasteiger partial charge on any atom is -0.371 e. The first-order valence-corrected chi connectivity index (χ1v) is 13.6. The molecule has 9 heteroatoms. The maximum atomic E-state index is 6.54. The highest BCUT2D eigenvalue weighted by Crippen LogP contribution is 2.54. The topological polar surface area (TPSA) is 83.7 Å². The SMILES string of the molecule is Clc1cccc(Cl)c1-c1noc(C2CC2)c1C=C1CC2(CCN(c3cccc(-c4nn[nH]n4)c3)CC2)C1. The van der Waals surface area contributed by atoms with E-state index in [-0.39, 0.29) is 0 Å². The second-order valence-electron chi connectivity index (χ2n) is 10.6. The van der Waals surface area contributed by atoms with Gasteiger partial charge in [-0.3, -0.25) is 0 Å². The van der Waals surface area contributed by atoms with Crippen molar-refractivity contribution in [3.8, 4) is 22.6 Å². The summed E-state index contributed by atoms with van der Waals surface area (Å²) in [7, 11) is 0. The molecule has 0 amide bonds. The van der Waals surface area contributed by atoms with Crippen LogP contribution in [0.5, 0.6) is 0 Å². The van der Waals surface area contributed by atoms with Gasteiger partial charge in [0.2, 0.25) is 5.82 Å². The zero-order valence-electron chi connectivity index (χ0n) is 20.3. The zero-order chi connectivity index (χ0) is 25.0. The molecule has 0 bridgehead atoms. The maximum absolute atomic E-state index is 6.54. The third kappa shape index (κ3) is 4.24. The number of hydrogen-bond donors (Lipinski definition) is 1. The van der Waals surface area contributed by atoms with Crippen LogP contribution in [0.1, 0.15) is 55.8 Å². The van der Waals surface area contributed by atoms with Crippen LogP contribution in [-0.4, -0.2) is 38.9 Å². The highest BCUT2D eigenvalue weighted by molar-refractivity contribution is 6.39. The maximum Gasteiger partial charge on any atom is 0.204 e. The van der Waals surface area contributed by atoms with Gasteiger partial charge in [0.15, 0.2) is 0 Å². The number of piperidine rings is 1. The molecule has 7 nitrogen and oxygen atoms in total. The summed E-state index contributed by atoms with van der Waals surface area (Å²) in [4.78, 5) is 2.47. The Bertz CT molecular complexity index is 1450. The molecule has 7 rings (SSSR count). The number of H-pyrrole nitrogens is 1. The monoisotopic (exact) mass is 532 g/mol. The summed E-state index contributed by atoms with van der Waals surface area (Å²) in [6.45, 7) is 2.09. The molecule has 3 fully saturated rings. The summed E-state index contributed by atoms with van der Waals surface area (Å²) in [5, 5.41) is 20.1. The normalized spacial score (nSPS) is 18.8. The Morgan fingerprint density at radius 3 is 2.49 bits per heavy atom. The van der Waals surface area contributed by atoms with E-state index in [0.29, 0.717) is 27.2 Å². The Morgan fingerprint density at radius 1 is 1.03 bits per heavy atom. The first kappa shape index (κ1) is 23.0. The van der Waals surface area contributed by atoms with Crippen LogP contribution in [0.2, 0.25) is 10.0 Å². The van der Waals surface area contributed by atoms with Crippen LogP contribution in [0.15, 0.2) is 52.6 Å². The Balaban J connectivity index is 1.08. The van der Waals surface area contributed by atoms with Crippen molar-refractivity contribution in [2.24, 2.45) is 5.41 Å². The van der Waals surface area contributed by atoms with Gasteiger partial charge in [0.05, 0.1) is 10.0 Å². The van der Waals surface area contributed by atoms with Gasteiger partial charge in [0, 0.05) is 41.4 Å². The van der Waals surface area contributed by atoms with Gasteiger partial charge in [0.25, 0.3) is 0 Å². The highest BCUT2D eigenvalue weighted by atomic mass is 35.5. The fraction of sp³-hybridized carbons (Fsp3) is 0.357. The molecule has 1 saturated heterocycles. The van der Waals surface area contributed by atoms with E-state index in [1.54, 1.807) is 0 Å². The van der Waals surface area contributed by atoms with Crippen LogP contribution in [0.4, 0.5) is 5.69 Å². The van der Waals surface area contributed by atoms with Crippen molar-refractivity contribution in [1.82, 2.24) is 25.8 Å². The number of nitrogens with zero attached hydrogens (tertiary/aromatic N) is 5. The summed E-state index contributed by atoms with van der Waals surface area (Å²) in [5.74, 6) is 2.06. The number of aromatic amines is 1. The molecule has 37 heavy (non-hydrogen) atoms.